The average molecular weight is 325 g/mol. The Labute approximate surface area is 120 Å². The summed E-state index contributed by atoms with van der Waals surface area (Å²) in [7, 11) is 0. The Morgan fingerprint density at radius 2 is 1.40 bits per heavy atom. The maximum absolute atomic E-state index is 8.67. The third-order valence-electron chi connectivity index (χ3n) is 0.664. The number of rotatable bonds is 3. The molecule has 0 aliphatic rings. The van der Waals surface area contributed by atoms with Gasteiger partial charge in [-0.15, -0.1) is 0 Å². The fourth-order valence-electron chi connectivity index (χ4n) is 0.329. The van der Waals surface area contributed by atoms with Gasteiger partial charge in [0.1, 0.15) is 6.09 Å². The maximum atomic E-state index is 8.67. The normalized spacial score (nSPS) is 7.20. The quantitative estimate of drug-likeness (QED) is 0.240. The van der Waals surface area contributed by atoms with Gasteiger partial charge in [-0.1, -0.05) is 8.64 Å². The molecule has 0 rings (SSSR count). The number of nitrogens with two attached hydrogens (primary N) is 1. The number of carboxylic acid groups (broad SMARTS) is 1. The summed E-state index contributed by atoms with van der Waals surface area (Å²) in [6.07, 6.45) is -1.58. The van der Waals surface area contributed by atoms with Gasteiger partial charge in [0.2, 0.25) is 0 Å². The standard InChI is InChI=1S/C4H8N2S4.CH3NO2.Mn/c7-3(8)5-1-2-6-4(9)10;2-1(3)4;/h1-2H2,(H2,5,7,8)(H2,6,9,10);2H2,(H,3,4);/q;;+3/p-3. The van der Waals surface area contributed by atoms with Crippen LogP contribution in [0, 0.1) is 0 Å². The van der Waals surface area contributed by atoms with Crippen LogP contribution in [0.25, 0.3) is 0 Å². The number of hydrogen-bond acceptors (Lipinski definition) is 6. The van der Waals surface area contributed by atoms with Crippen LogP contribution < -0.4 is 21.5 Å². The molecular formula is C5H8MnN3O2S4. The van der Waals surface area contributed by atoms with E-state index in [0.717, 1.165) is 0 Å². The van der Waals surface area contributed by atoms with Crippen LogP contribution in [0.3, 0.4) is 0 Å². The largest absolute Gasteiger partial charge is 3.00 e. The molecule has 0 aliphatic carbocycles. The minimum Gasteiger partial charge on any atom is -0.530 e. The van der Waals surface area contributed by atoms with E-state index in [4.69, 9.17) is 9.90 Å². The smallest absolute Gasteiger partial charge is 0.530 e. The van der Waals surface area contributed by atoms with E-state index in [9.17, 15) is 0 Å². The van der Waals surface area contributed by atoms with E-state index in [0.29, 0.717) is 21.7 Å². The van der Waals surface area contributed by atoms with Crippen LogP contribution >= 0.6 is 24.4 Å². The molecule has 0 aliphatic heterocycles. The molecule has 0 spiro atoms. The molecule has 0 saturated heterocycles. The van der Waals surface area contributed by atoms with Gasteiger partial charge in [-0.05, 0) is 0 Å². The zero-order chi connectivity index (χ0) is 11.6. The summed E-state index contributed by atoms with van der Waals surface area (Å²) in [4.78, 5) is 8.67. The van der Waals surface area contributed by atoms with Crippen LogP contribution in [0.1, 0.15) is 0 Å². The van der Waals surface area contributed by atoms with Gasteiger partial charge in [0, 0.05) is 13.1 Å². The summed E-state index contributed by atoms with van der Waals surface area (Å²) in [6, 6.07) is 0. The van der Waals surface area contributed by atoms with Gasteiger partial charge in [-0.2, -0.15) is 0 Å². The molecule has 15 heavy (non-hydrogen) atoms. The van der Waals surface area contributed by atoms with Gasteiger partial charge >= 0.3 is 17.1 Å². The van der Waals surface area contributed by atoms with Crippen LogP contribution in [0.15, 0.2) is 0 Å². The van der Waals surface area contributed by atoms with Gasteiger partial charge in [-0.25, -0.2) is 0 Å². The molecule has 5 nitrogen and oxygen atoms in total. The van der Waals surface area contributed by atoms with E-state index in [-0.39, 0.29) is 17.1 Å². The molecule has 4 N–H and O–H groups in total. The molecule has 10 heteroatoms. The number of hydrogen-bond donors (Lipinski definition) is 3. The van der Waals surface area contributed by atoms with Gasteiger partial charge in [-0.3, -0.25) is 0 Å². The zero-order valence-electron chi connectivity index (χ0n) is 7.32. The summed E-state index contributed by atoms with van der Waals surface area (Å²) >= 11 is 18.4. The minimum atomic E-state index is -1.58. The van der Waals surface area contributed by atoms with Crippen LogP contribution in [-0.4, -0.2) is 27.8 Å². The fourth-order valence-corrected chi connectivity index (χ4v) is 0.737. The first kappa shape index (κ1) is 20.4. The van der Waals surface area contributed by atoms with Crippen molar-refractivity contribution in [2.45, 2.75) is 0 Å². The Morgan fingerprint density at radius 3 is 1.53 bits per heavy atom. The summed E-state index contributed by atoms with van der Waals surface area (Å²) in [6.45, 7) is 1.33. The van der Waals surface area contributed by atoms with Crippen molar-refractivity contribution in [3.63, 3.8) is 0 Å². The van der Waals surface area contributed by atoms with E-state index < -0.39 is 6.09 Å². The summed E-state index contributed by atoms with van der Waals surface area (Å²) in [5.74, 6) is 0. The van der Waals surface area contributed by atoms with Crippen molar-refractivity contribution < 1.29 is 27.0 Å². The Bertz CT molecular complexity index is 196. The van der Waals surface area contributed by atoms with Crippen LogP contribution in [0.4, 0.5) is 4.79 Å². The molecule has 0 saturated carbocycles. The van der Waals surface area contributed by atoms with Crippen molar-refractivity contribution in [3.05, 3.63) is 0 Å². The summed E-state index contributed by atoms with van der Waals surface area (Å²) < 4.78 is 0.745. The summed E-state index contributed by atoms with van der Waals surface area (Å²) in [5.41, 5.74) is 3.92. The molecule has 0 aromatic heterocycles. The topological polar surface area (TPSA) is 90.2 Å². The second-order valence-corrected chi connectivity index (χ2v) is 3.90. The minimum absolute atomic E-state index is 0. The van der Waals surface area contributed by atoms with Crippen molar-refractivity contribution in [3.8, 4) is 0 Å². The van der Waals surface area contributed by atoms with E-state index in [1.54, 1.807) is 0 Å². The molecule has 0 heterocycles. The van der Waals surface area contributed by atoms with Crippen LogP contribution in [0.5, 0.6) is 0 Å². The number of amides is 1. The van der Waals surface area contributed by atoms with Gasteiger partial charge in [0.05, 0.1) is 0 Å². The van der Waals surface area contributed by atoms with Crippen LogP contribution in [0.2, 0.25) is 0 Å². The fraction of sp³-hybridized carbons (Fsp3) is 0.400. The van der Waals surface area contributed by atoms with E-state index in [2.05, 4.69) is 66.1 Å². The third kappa shape index (κ3) is 41.1. The molecule has 0 bridgehead atoms. The van der Waals surface area contributed by atoms with Crippen molar-refractivity contribution in [1.82, 2.24) is 10.6 Å². The first-order valence-corrected chi connectivity index (χ1v) is 4.85. The Balaban J connectivity index is -0.000000249. The number of thiocarbonyl (C=S) groups is 2. The van der Waals surface area contributed by atoms with Crippen LogP contribution in [-0.2, 0) is 42.3 Å². The molecule has 0 fully saturated rings. The van der Waals surface area contributed by atoms with Crippen molar-refractivity contribution in [2.24, 2.45) is 5.73 Å². The molecule has 0 radical (unpaired) electrons. The van der Waals surface area contributed by atoms with Crippen molar-refractivity contribution >= 4 is 64.4 Å². The number of primary amides is 1. The monoisotopic (exact) mass is 325 g/mol. The Kier molecular flexibility index (Phi) is 19.1. The second kappa shape index (κ2) is 14.0. The maximum Gasteiger partial charge on any atom is 3.00 e. The molecular weight excluding hydrogens is 317 g/mol. The SMILES string of the molecule is NC(=O)[O-].S=C([S-])NCCNC(=S)[S-].[Mn+3]. The molecule has 0 aromatic carbocycles. The van der Waals surface area contributed by atoms with E-state index in [1.165, 1.54) is 0 Å². The number of nitrogens with one attached hydrogen (secondary N) is 2. The van der Waals surface area contributed by atoms with E-state index >= 15 is 0 Å². The van der Waals surface area contributed by atoms with Crippen molar-refractivity contribution in [2.75, 3.05) is 13.1 Å². The molecule has 0 aromatic rings. The predicted molar refractivity (Wildman–Crippen MR) is 65.5 cm³/mol. The molecule has 86 valence electrons. The van der Waals surface area contributed by atoms with Gasteiger partial charge in [0.15, 0.2) is 0 Å². The molecule has 1 amide bonds. The zero-order valence-corrected chi connectivity index (χ0v) is 11.8. The number of carbonyl (C=O) groups is 1. The first-order chi connectivity index (χ1) is 6.36. The molecule has 0 unspecified atom stereocenters. The van der Waals surface area contributed by atoms with Gasteiger partial charge in [0.25, 0.3) is 0 Å². The molecule has 0 atom stereocenters. The second-order valence-electron chi connectivity index (χ2n) is 1.75. The third-order valence-corrected chi connectivity index (χ3v) is 1.24. The van der Waals surface area contributed by atoms with Gasteiger partial charge < -0.3 is 76.0 Å². The first-order valence-electron chi connectivity index (χ1n) is 3.22. The van der Waals surface area contributed by atoms with Crippen molar-refractivity contribution in [1.29, 1.82) is 0 Å². The summed E-state index contributed by atoms with van der Waals surface area (Å²) in [5, 5.41) is 14.2. The predicted octanol–water partition coefficient (Wildman–Crippen LogP) is -1.88. The number of carbonyl (C=O) groups excluding carboxylic acids is 1. The Morgan fingerprint density at radius 1 is 1.20 bits per heavy atom. The van der Waals surface area contributed by atoms with E-state index in [1.807, 2.05) is 0 Å². The Hall–Kier alpha value is 0.00948. The average Bonchev–Trinajstić information content (AvgIpc) is 1.96.